The van der Waals surface area contributed by atoms with Crippen molar-refractivity contribution in [1.82, 2.24) is 0 Å². The Morgan fingerprint density at radius 3 is 2.69 bits per heavy atom. The summed E-state index contributed by atoms with van der Waals surface area (Å²) in [5.74, 6) is -1.61. The van der Waals surface area contributed by atoms with Crippen molar-refractivity contribution in [2.24, 2.45) is 15.9 Å². The molecule has 0 radical (unpaired) electrons. The fourth-order valence-electron chi connectivity index (χ4n) is 1.63. The highest BCUT2D eigenvalue weighted by atomic mass is 19.4. The van der Waals surface area contributed by atoms with Crippen molar-refractivity contribution < 1.29 is 18.0 Å². The second kappa shape index (κ2) is 3.40. The van der Waals surface area contributed by atoms with Crippen LogP contribution in [0.15, 0.2) is 33.3 Å². The molecule has 16 heavy (non-hydrogen) atoms. The van der Waals surface area contributed by atoms with Gasteiger partial charge in [-0.1, -0.05) is 6.08 Å². The Balaban J connectivity index is 2.48. The molecule has 1 atom stereocenters. The normalized spacial score (nSPS) is 24.6. The van der Waals surface area contributed by atoms with Gasteiger partial charge in [0.05, 0.1) is 11.3 Å². The van der Waals surface area contributed by atoms with Crippen LogP contribution in [-0.2, 0) is 4.79 Å². The highest BCUT2D eigenvalue weighted by Crippen LogP contribution is 2.33. The summed E-state index contributed by atoms with van der Waals surface area (Å²) in [6.07, 6.45) is -1.53. The molecular formula is C10H7F3N2O. The van der Waals surface area contributed by atoms with Gasteiger partial charge < -0.3 is 0 Å². The summed E-state index contributed by atoms with van der Waals surface area (Å²) in [6, 6.07) is 0. The first kappa shape index (κ1) is 10.8. The highest BCUT2D eigenvalue weighted by Gasteiger charge is 2.38. The number of halogens is 3. The summed E-state index contributed by atoms with van der Waals surface area (Å²) in [5, 5.41) is 0. The van der Waals surface area contributed by atoms with E-state index >= 15 is 0 Å². The monoisotopic (exact) mass is 228 g/mol. The van der Waals surface area contributed by atoms with Crippen molar-refractivity contribution in [3.8, 4) is 0 Å². The Morgan fingerprint density at radius 1 is 1.38 bits per heavy atom. The van der Waals surface area contributed by atoms with E-state index in [-0.39, 0.29) is 0 Å². The average Bonchev–Trinajstić information content (AvgIpc) is 2.18. The van der Waals surface area contributed by atoms with Crippen molar-refractivity contribution in [3.05, 3.63) is 23.3 Å². The Bertz CT molecular complexity index is 469. The van der Waals surface area contributed by atoms with Crippen molar-refractivity contribution in [3.63, 3.8) is 0 Å². The molecule has 2 rings (SSSR count). The van der Waals surface area contributed by atoms with E-state index in [4.69, 9.17) is 0 Å². The summed E-state index contributed by atoms with van der Waals surface area (Å²) < 4.78 is 37.5. The summed E-state index contributed by atoms with van der Waals surface area (Å²) >= 11 is 0. The highest BCUT2D eigenvalue weighted by molar-refractivity contribution is 6.20. The van der Waals surface area contributed by atoms with Crippen molar-refractivity contribution in [1.29, 1.82) is 0 Å². The van der Waals surface area contributed by atoms with Crippen LogP contribution in [-0.4, -0.2) is 24.1 Å². The molecule has 0 aromatic heterocycles. The predicted octanol–water partition coefficient (Wildman–Crippen LogP) is 2.06. The minimum absolute atomic E-state index is 0.341. The summed E-state index contributed by atoms with van der Waals surface area (Å²) in [7, 11) is 0. The Morgan fingerprint density at radius 2 is 2.06 bits per heavy atom. The van der Waals surface area contributed by atoms with Crippen LogP contribution in [0.3, 0.4) is 0 Å². The Kier molecular flexibility index (Phi) is 2.29. The summed E-state index contributed by atoms with van der Waals surface area (Å²) in [4.78, 5) is 18.5. The van der Waals surface area contributed by atoms with E-state index in [1.165, 1.54) is 6.92 Å². The number of carbonyl (C=O) groups excluding carboxylic acids is 1. The average molecular weight is 228 g/mol. The number of fused-ring (bicyclic) bond motifs is 1. The lowest BCUT2D eigenvalue weighted by Crippen LogP contribution is -2.30. The molecule has 0 N–H and O–H groups in total. The molecule has 0 aromatic rings. The molecule has 6 heteroatoms. The van der Waals surface area contributed by atoms with Gasteiger partial charge >= 0.3 is 6.18 Å². The zero-order valence-electron chi connectivity index (χ0n) is 8.25. The standard InChI is InChI=1S/C10H7F3N2O/c1-5-2-6(10(11,12)13)3-7-8(5)14-4-15-9(7)16/h2-4,7H,1H3. The number of alkyl halides is 3. The Hall–Kier alpha value is -1.72. The first-order valence-corrected chi connectivity index (χ1v) is 4.51. The van der Waals surface area contributed by atoms with E-state index in [2.05, 4.69) is 9.98 Å². The first-order chi connectivity index (χ1) is 7.39. The lowest BCUT2D eigenvalue weighted by atomic mass is 9.87. The maximum atomic E-state index is 12.5. The number of rotatable bonds is 0. The predicted molar refractivity (Wildman–Crippen MR) is 52.3 cm³/mol. The molecule has 0 saturated heterocycles. The maximum absolute atomic E-state index is 12.5. The summed E-state index contributed by atoms with van der Waals surface area (Å²) in [6.45, 7) is 1.50. The molecule has 1 amide bonds. The molecule has 0 fully saturated rings. The maximum Gasteiger partial charge on any atom is 0.416 e. The smallest absolute Gasteiger partial charge is 0.271 e. The van der Waals surface area contributed by atoms with Crippen molar-refractivity contribution in [2.75, 3.05) is 0 Å². The first-order valence-electron chi connectivity index (χ1n) is 4.51. The molecule has 0 bridgehead atoms. The number of hydrogen-bond acceptors (Lipinski definition) is 2. The fourth-order valence-corrected chi connectivity index (χ4v) is 1.63. The van der Waals surface area contributed by atoms with Crippen LogP contribution in [0.2, 0.25) is 0 Å². The van der Waals surface area contributed by atoms with E-state index in [0.29, 0.717) is 11.3 Å². The van der Waals surface area contributed by atoms with Crippen molar-refractivity contribution in [2.45, 2.75) is 13.1 Å². The van der Waals surface area contributed by atoms with E-state index in [1.807, 2.05) is 0 Å². The third kappa shape index (κ3) is 1.70. The van der Waals surface area contributed by atoms with Gasteiger partial charge in [0.15, 0.2) is 0 Å². The molecule has 1 aliphatic heterocycles. The molecular weight excluding hydrogens is 221 g/mol. The molecule has 1 heterocycles. The van der Waals surface area contributed by atoms with Crippen LogP contribution >= 0.6 is 0 Å². The van der Waals surface area contributed by atoms with Crippen LogP contribution in [0.5, 0.6) is 0 Å². The quantitative estimate of drug-likeness (QED) is 0.625. The number of nitrogens with zero attached hydrogens (tertiary/aromatic N) is 2. The van der Waals surface area contributed by atoms with Crippen molar-refractivity contribution >= 4 is 18.0 Å². The van der Waals surface area contributed by atoms with Crippen LogP contribution in [0.25, 0.3) is 0 Å². The minimum Gasteiger partial charge on any atom is -0.271 e. The zero-order chi connectivity index (χ0) is 11.9. The summed E-state index contributed by atoms with van der Waals surface area (Å²) in [5.41, 5.74) is -0.133. The van der Waals surface area contributed by atoms with Gasteiger partial charge in [-0.3, -0.25) is 4.79 Å². The van der Waals surface area contributed by atoms with Crippen LogP contribution in [0, 0.1) is 5.92 Å². The van der Waals surface area contributed by atoms with Crippen LogP contribution < -0.4 is 0 Å². The van der Waals surface area contributed by atoms with Gasteiger partial charge in [0.25, 0.3) is 5.91 Å². The lowest BCUT2D eigenvalue weighted by molar-refractivity contribution is -0.118. The third-order valence-corrected chi connectivity index (χ3v) is 2.39. The topological polar surface area (TPSA) is 41.8 Å². The number of hydrogen-bond donors (Lipinski definition) is 0. The van der Waals surface area contributed by atoms with Gasteiger partial charge in [0, 0.05) is 0 Å². The molecule has 0 aromatic carbocycles. The number of aliphatic imine (C=N–C) groups is 2. The zero-order valence-corrected chi connectivity index (χ0v) is 8.25. The van der Waals surface area contributed by atoms with Gasteiger partial charge in [0.2, 0.25) is 0 Å². The molecule has 84 valence electrons. The third-order valence-electron chi connectivity index (χ3n) is 2.39. The van der Waals surface area contributed by atoms with E-state index in [1.54, 1.807) is 0 Å². The van der Waals surface area contributed by atoms with E-state index in [0.717, 1.165) is 18.5 Å². The van der Waals surface area contributed by atoms with Gasteiger partial charge in [-0.05, 0) is 18.6 Å². The minimum atomic E-state index is -4.45. The second-order valence-corrected chi connectivity index (χ2v) is 3.52. The molecule has 0 saturated carbocycles. The lowest BCUT2D eigenvalue weighted by Gasteiger charge is -2.22. The Labute approximate surface area is 89.1 Å². The van der Waals surface area contributed by atoms with Gasteiger partial charge in [-0.25, -0.2) is 9.98 Å². The second-order valence-electron chi connectivity index (χ2n) is 3.52. The van der Waals surface area contributed by atoms with Gasteiger partial charge in [0.1, 0.15) is 12.3 Å². The number of amides is 1. The molecule has 1 unspecified atom stereocenters. The van der Waals surface area contributed by atoms with Crippen LogP contribution in [0.4, 0.5) is 13.2 Å². The molecule has 0 spiro atoms. The van der Waals surface area contributed by atoms with Crippen LogP contribution in [0.1, 0.15) is 6.92 Å². The van der Waals surface area contributed by atoms with Gasteiger partial charge in [-0.2, -0.15) is 13.2 Å². The fraction of sp³-hybridized carbons (Fsp3) is 0.300. The van der Waals surface area contributed by atoms with Gasteiger partial charge in [-0.15, -0.1) is 0 Å². The van der Waals surface area contributed by atoms with E-state index < -0.39 is 23.6 Å². The largest absolute Gasteiger partial charge is 0.416 e. The number of allylic oxidation sites excluding steroid dienone is 3. The SMILES string of the molecule is CC1=CC(C(F)(F)F)=CC2C(=O)N=CN=C12. The molecule has 2 aliphatic rings. The molecule has 3 nitrogen and oxygen atoms in total. The van der Waals surface area contributed by atoms with E-state index in [9.17, 15) is 18.0 Å². The molecule has 1 aliphatic carbocycles. The number of carbonyl (C=O) groups is 1.